The second kappa shape index (κ2) is 6.11. The van der Waals surface area contributed by atoms with Gasteiger partial charge in [-0.2, -0.15) is 13.2 Å². The third-order valence-corrected chi connectivity index (χ3v) is 4.17. The van der Waals surface area contributed by atoms with E-state index in [0.717, 1.165) is 32.1 Å². The van der Waals surface area contributed by atoms with Crippen LogP contribution >= 0.6 is 0 Å². The number of hydrogen-bond donors (Lipinski definition) is 1. The molecule has 2 unspecified atom stereocenters. The maximum atomic E-state index is 12.0. The molecule has 0 aromatic heterocycles. The molecule has 6 heteroatoms. The Kier molecular flexibility index (Phi) is 4.71. The van der Waals surface area contributed by atoms with Gasteiger partial charge in [0.2, 0.25) is 5.91 Å². The predicted octanol–water partition coefficient (Wildman–Crippen LogP) is 2.32. The molecule has 1 aliphatic carbocycles. The SMILES string of the molecule is O=C(CNCC(F)(F)F)N1CCCC2CCCCC21. The van der Waals surface area contributed by atoms with Gasteiger partial charge < -0.3 is 10.2 Å². The van der Waals surface area contributed by atoms with E-state index in [1.54, 1.807) is 0 Å². The number of fused-ring (bicyclic) bond motifs is 1. The van der Waals surface area contributed by atoms with Gasteiger partial charge in [0, 0.05) is 12.6 Å². The first kappa shape index (κ1) is 14.6. The van der Waals surface area contributed by atoms with E-state index in [1.165, 1.54) is 6.42 Å². The fourth-order valence-corrected chi connectivity index (χ4v) is 3.35. The van der Waals surface area contributed by atoms with Gasteiger partial charge in [0.25, 0.3) is 0 Å². The van der Waals surface area contributed by atoms with Crippen LogP contribution in [0.25, 0.3) is 0 Å². The lowest BCUT2D eigenvalue weighted by Crippen LogP contribution is -2.52. The van der Waals surface area contributed by atoms with Gasteiger partial charge in [0.05, 0.1) is 13.1 Å². The Hall–Kier alpha value is -0.780. The second-order valence-electron chi connectivity index (χ2n) is 5.56. The molecule has 2 atom stereocenters. The van der Waals surface area contributed by atoms with Gasteiger partial charge in [-0.15, -0.1) is 0 Å². The number of piperidine rings is 1. The lowest BCUT2D eigenvalue weighted by atomic mass is 9.78. The number of carbonyl (C=O) groups excluding carboxylic acids is 1. The Morgan fingerprint density at radius 3 is 2.58 bits per heavy atom. The minimum absolute atomic E-state index is 0.180. The van der Waals surface area contributed by atoms with E-state index in [0.29, 0.717) is 12.5 Å². The summed E-state index contributed by atoms with van der Waals surface area (Å²) in [5.74, 6) is 0.384. The van der Waals surface area contributed by atoms with E-state index in [4.69, 9.17) is 0 Å². The zero-order valence-corrected chi connectivity index (χ0v) is 11.0. The molecule has 1 N–H and O–H groups in total. The summed E-state index contributed by atoms with van der Waals surface area (Å²) in [7, 11) is 0. The number of nitrogens with zero attached hydrogens (tertiary/aromatic N) is 1. The first-order valence-corrected chi connectivity index (χ1v) is 7.04. The summed E-state index contributed by atoms with van der Waals surface area (Å²) in [5, 5.41) is 2.20. The average Bonchev–Trinajstić information content (AvgIpc) is 2.36. The van der Waals surface area contributed by atoms with Gasteiger partial charge >= 0.3 is 6.18 Å². The summed E-state index contributed by atoms with van der Waals surface area (Å²) in [5.41, 5.74) is 0. The van der Waals surface area contributed by atoms with Crippen LogP contribution in [0.4, 0.5) is 13.2 Å². The van der Waals surface area contributed by atoms with Crippen molar-refractivity contribution in [2.24, 2.45) is 5.92 Å². The Morgan fingerprint density at radius 2 is 1.84 bits per heavy atom. The molecule has 1 saturated carbocycles. The lowest BCUT2D eigenvalue weighted by molar-refractivity contribution is -0.139. The highest BCUT2D eigenvalue weighted by Crippen LogP contribution is 2.35. The fraction of sp³-hybridized carbons (Fsp3) is 0.923. The van der Waals surface area contributed by atoms with Crippen LogP contribution in [0.15, 0.2) is 0 Å². The highest BCUT2D eigenvalue weighted by Gasteiger charge is 2.35. The topological polar surface area (TPSA) is 32.3 Å². The molecule has 0 aromatic carbocycles. The normalized spacial score (nSPS) is 28.1. The third kappa shape index (κ3) is 4.09. The number of rotatable bonds is 3. The van der Waals surface area contributed by atoms with Gasteiger partial charge in [-0.1, -0.05) is 12.8 Å². The number of alkyl halides is 3. The highest BCUT2D eigenvalue weighted by molar-refractivity contribution is 5.78. The molecule has 1 aliphatic heterocycles. The summed E-state index contributed by atoms with van der Waals surface area (Å²) < 4.78 is 36.1. The van der Waals surface area contributed by atoms with E-state index in [9.17, 15) is 18.0 Å². The number of nitrogens with one attached hydrogen (secondary N) is 1. The van der Waals surface area contributed by atoms with Crippen molar-refractivity contribution in [3.8, 4) is 0 Å². The molecule has 0 bridgehead atoms. The van der Waals surface area contributed by atoms with Gasteiger partial charge in [-0.3, -0.25) is 4.79 Å². The molecule has 0 aromatic rings. The number of carbonyl (C=O) groups is 1. The quantitative estimate of drug-likeness (QED) is 0.859. The zero-order valence-electron chi connectivity index (χ0n) is 11.0. The van der Waals surface area contributed by atoms with Crippen molar-refractivity contribution in [1.82, 2.24) is 10.2 Å². The number of amides is 1. The van der Waals surface area contributed by atoms with Crippen molar-refractivity contribution in [3.63, 3.8) is 0 Å². The Balaban J connectivity index is 1.83. The van der Waals surface area contributed by atoms with Crippen molar-refractivity contribution in [2.75, 3.05) is 19.6 Å². The van der Waals surface area contributed by atoms with Gasteiger partial charge in [-0.05, 0) is 31.6 Å². The molecular weight excluding hydrogens is 257 g/mol. The first-order chi connectivity index (χ1) is 8.97. The van der Waals surface area contributed by atoms with Gasteiger partial charge in [-0.25, -0.2) is 0 Å². The standard InChI is InChI=1S/C13H21F3N2O/c14-13(15,16)9-17-8-12(19)18-7-3-5-10-4-1-2-6-11(10)18/h10-11,17H,1-9H2. The van der Waals surface area contributed by atoms with Crippen molar-refractivity contribution in [1.29, 1.82) is 0 Å². The van der Waals surface area contributed by atoms with Crippen LogP contribution in [0, 0.1) is 5.92 Å². The van der Waals surface area contributed by atoms with E-state index in [2.05, 4.69) is 5.32 Å². The number of hydrogen-bond acceptors (Lipinski definition) is 2. The molecule has 2 fully saturated rings. The second-order valence-corrected chi connectivity index (χ2v) is 5.56. The number of halogens is 3. The van der Waals surface area contributed by atoms with Crippen LogP contribution in [0.5, 0.6) is 0 Å². The molecule has 2 aliphatic rings. The molecule has 110 valence electrons. The fourth-order valence-electron chi connectivity index (χ4n) is 3.35. The molecule has 19 heavy (non-hydrogen) atoms. The van der Waals surface area contributed by atoms with Crippen LogP contribution in [-0.4, -0.2) is 42.7 Å². The van der Waals surface area contributed by atoms with E-state index < -0.39 is 12.7 Å². The Labute approximate surface area is 111 Å². The third-order valence-electron chi connectivity index (χ3n) is 4.17. The van der Waals surface area contributed by atoms with E-state index in [1.807, 2.05) is 4.90 Å². The largest absolute Gasteiger partial charge is 0.401 e. The summed E-state index contributed by atoms with van der Waals surface area (Å²) >= 11 is 0. The highest BCUT2D eigenvalue weighted by atomic mass is 19.4. The van der Waals surface area contributed by atoms with Gasteiger partial charge in [0.15, 0.2) is 0 Å². The first-order valence-electron chi connectivity index (χ1n) is 7.04. The monoisotopic (exact) mass is 278 g/mol. The van der Waals surface area contributed by atoms with E-state index >= 15 is 0 Å². The Bertz CT molecular complexity index is 318. The van der Waals surface area contributed by atoms with Crippen LogP contribution in [0.1, 0.15) is 38.5 Å². The molecule has 1 heterocycles. The molecular formula is C13H21F3N2O. The summed E-state index contributed by atoms with van der Waals surface area (Å²) in [6.45, 7) is -0.600. The van der Waals surface area contributed by atoms with Crippen molar-refractivity contribution >= 4 is 5.91 Å². The predicted molar refractivity (Wildman–Crippen MR) is 65.6 cm³/mol. The Morgan fingerprint density at radius 1 is 1.16 bits per heavy atom. The van der Waals surface area contributed by atoms with Crippen LogP contribution in [0.3, 0.4) is 0 Å². The molecule has 0 radical (unpaired) electrons. The summed E-state index contributed by atoms with van der Waals surface area (Å²) in [6, 6.07) is 0.266. The van der Waals surface area contributed by atoms with Crippen LogP contribution in [0.2, 0.25) is 0 Å². The van der Waals surface area contributed by atoms with Crippen molar-refractivity contribution in [3.05, 3.63) is 0 Å². The van der Waals surface area contributed by atoms with Crippen LogP contribution in [-0.2, 0) is 4.79 Å². The van der Waals surface area contributed by atoms with Crippen LogP contribution < -0.4 is 5.32 Å². The van der Waals surface area contributed by atoms with E-state index in [-0.39, 0.29) is 18.5 Å². The molecule has 3 nitrogen and oxygen atoms in total. The average molecular weight is 278 g/mol. The zero-order chi connectivity index (χ0) is 13.9. The smallest absolute Gasteiger partial charge is 0.338 e. The maximum absolute atomic E-state index is 12.0. The maximum Gasteiger partial charge on any atom is 0.401 e. The van der Waals surface area contributed by atoms with Gasteiger partial charge in [0.1, 0.15) is 0 Å². The minimum Gasteiger partial charge on any atom is -0.338 e. The molecule has 0 spiro atoms. The number of likely N-dealkylation sites (tertiary alicyclic amines) is 1. The summed E-state index contributed by atoms with van der Waals surface area (Å²) in [4.78, 5) is 13.9. The molecule has 1 amide bonds. The molecule has 1 saturated heterocycles. The minimum atomic E-state index is -4.25. The molecule has 2 rings (SSSR count). The summed E-state index contributed by atoms with van der Waals surface area (Å²) in [6.07, 6.45) is 2.39. The van der Waals surface area contributed by atoms with Crippen molar-refractivity contribution < 1.29 is 18.0 Å². The van der Waals surface area contributed by atoms with Crippen molar-refractivity contribution in [2.45, 2.75) is 50.7 Å². The lowest BCUT2D eigenvalue weighted by Gasteiger charge is -2.44.